The lowest BCUT2D eigenvalue weighted by molar-refractivity contribution is 1.13. The summed E-state index contributed by atoms with van der Waals surface area (Å²) >= 11 is 0. The fraction of sp³-hybridized carbons (Fsp3) is 0. The Kier molecular flexibility index (Phi) is 0.965. The molecule has 9 heavy (non-hydrogen) atoms. The van der Waals surface area contributed by atoms with Crippen molar-refractivity contribution in [2.24, 2.45) is 0 Å². The van der Waals surface area contributed by atoms with Gasteiger partial charge in [0.1, 0.15) is 0 Å². The van der Waals surface area contributed by atoms with Gasteiger partial charge in [-0.1, -0.05) is 0 Å². The molecule has 2 rings (SSSR count). The van der Waals surface area contributed by atoms with Gasteiger partial charge in [0, 0.05) is 12.4 Å². The summed E-state index contributed by atoms with van der Waals surface area (Å²) in [6.07, 6.45) is 5.38. The van der Waals surface area contributed by atoms with Gasteiger partial charge in [-0.3, -0.25) is 9.38 Å². The zero-order valence-corrected chi connectivity index (χ0v) is 5.49. The van der Waals surface area contributed by atoms with Crippen molar-refractivity contribution in [2.45, 2.75) is 0 Å². The van der Waals surface area contributed by atoms with E-state index >= 15 is 0 Å². The normalized spacial score (nSPS) is 11.1. The molecule has 2 heterocycles. The number of fused-ring (bicyclic) bond motifs is 1. The second-order valence-electron chi connectivity index (χ2n) is 1.67. The fourth-order valence-electron chi connectivity index (χ4n) is 0.679. The Morgan fingerprint density at radius 1 is 1.56 bits per heavy atom. The van der Waals surface area contributed by atoms with Gasteiger partial charge in [0.05, 0.1) is 20.5 Å². The van der Waals surface area contributed by atoms with Gasteiger partial charge in [0.2, 0.25) is 0 Å². The third kappa shape index (κ3) is 0.698. The Labute approximate surface area is 53.5 Å². The largest absolute Gasteiger partial charge is 0.300 e. The van der Waals surface area contributed by atoms with Crippen molar-refractivity contribution in [3.05, 3.63) is 24.5 Å². The van der Waals surface area contributed by atoms with Gasteiger partial charge in [-0.05, 0) is 0 Å². The van der Waals surface area contributed by atoms with Crippen LogP contribution in [-0.4, -0.2) is 14.1 Å². The second kappa shape index (κ2) is 1.78. The van der Waals surface area contributed by atoms with Crippen LogP contribution in [0.2, 0.25) is 0 Å². The fourth-order valence-corrected chi connectivity index (χ4v) is 1.31. The quantitative estimate of drug-likeness (QED) is 0.548. The zero-order chi connectivity index (χ0) is 6.10. The van der Waals surface area contributed by atoms with Crippen LogP contribution in [0.3, 0.4) is 0 Å². The van der Waals surface area contributed by atoms with Crippen LogP contribution >= 0.6 is 8.35 Å². The number of rotatable bonds is 0. The maximum atomic E-state index is 4.12. The molecule has 0 atom stereocenters. The summed E-state index contributed by atoms with van der Waals surface area (Å²) in [6, 6.07) is 0. The van der Waals surface area contributed by atoms with Crippen LogP contribution in [-0.2, 0) is 0 Å². The Morgan fingerprint density at radius 2 is 2.56 bits per heavy atom. The van der Waals surface area contributed by atoms with Gasteiger partial charge >= 0.3 is 0 Å². The van der Waals surface area contributed by atoms with Crippen molar-refractivity contribution in [3.8, 4) is 0 Å². The summed E-state index contributed by atoms with van der Waals surface area (Å²) in [5, 5.41) is 0. The molecule has 2 aromatic heterocycles. The minimum Gasteiger partial charge on any atom is -0.300 e. The first-order valence-electron chi connectivity index (χ1n) is 2.56. The first-order valence-corrected chi connectivity index (χ1v) is 3.48. The molecule has 4 heteroatoms. The minimum absolute atomic E-state index is 0.930. The monoisotopic (exact) mass is 137 g/mol. The molecule has 0 aromatic carbocycles. The molecule has 0 saturated heterocycles. The maximum absolute atomic E-state index is 4.12. The molecule has 0 radical (unpaired) electrons. The molecule has 0 aliphatic carbocycles. The van der Waals surface area contributed by atoms with E-state index in [0.29, 0.717) is 0 Å². The van der Waals surface area contributed by atoms with E-state index in [0.717, 1.165) is 14.0 Å². The van der Waals surface area contributed by atoms with E-state index in [9.17, 15) is 0 Å². The van der Waals surface area contributed by atoms with Crippen LogP contribution in [0.25, 0.3) is 5.65 Å². The van der Waals surface area contributed by atoms with Crippen molar-refractivity contribution in [2.75, 3.05) is 0 Å². The SMILES string of the molecule is c1cn2cpnc2cn1. The molecule has 0 amide bonds. The highest BCUT2D eigenvalue weighted by atomic mass is 31.0. The molecule has 0 aliphatic rings. The average molecular weight is 137 g/mol. The predicted octanol–water partition coefficient (Wildman–Crippen LogP) is 1.31. The number of nitrogens with zero attached hydrogens (tertiary/aromatic N) is 3. The minimum atomic E-state index is 0.930. The standard InChI is InChI=1S/C5H4N3P/c1-2-8-4-9-7-5(8)3-6-1/h1-4H. The van der Waals surface area contributed by atoms with Gasteiger partial charge in [0.15, 0.2) is 5.65 Å². The molecular weight excluding hydrogens is 133 g/mol. The van der Waals surface area contributed by atoms with Crippen molar-refractivity contribution < 1.29 is 0 Å². The Hall–Kier alpha value is -0.950. The molecular formula is C5H4N3P. The van der Waals surface area contributed by atoms with Gasteiger partial charge in [0.25, 0.3) is 0 Å². The molecule has 44 valence electrons. The van der Waals surface area contributed by atoms with Crippen LogP contribution in [0.4, 0.5) is 0 Å². The smallest absolute Gasteiger partial charge is 0.160 e. The van der Waals surface area contributed by atoms with Crippen LogP contribution < -0.4 is 0 Å². The van der Waals surface area contributed by atoms with Gasteiger partial charge in [-0.15, -0.1) is 0 Å². The molecule has 0 N–H and O–H groups in total. The summed E-state index contributed by atoms with van der Waals surface area (Å²) in [5.41, 5.74) is 0.930. The van der Waals surface area contributed by atoms with E-state index in [2.05, 4.69) is 9.73 Å². The first-order chi connectivity index (χ1) is 4.47. The summed E-state index contributed by atoms with van der Waals surface area (Å²) in [6.45, 7) is 0. The van der Waals surface area contributed by atoms with E-state index in [1.807, 2.05) is 16.5 Å². The van der Waals surface area contributed by atoms with Crippen LogP contribution in [0.1, 0.15) is 0 Å². The summed E-state index contributed by atoms with van der Waals surface area (Å²) < 4.78 is 6.07. The molecule has 0 bridgehead atoms. The van der Waals surface area contributed by atoms with Gasteiger partial charge in [-0.2, -0.15) is 0 Å². The lowest BCUT2D eigenvalue weighted by Gasteiger charge is -1.85. The highest BCUT2D eigenvalue weighted by Gasteiger charge is 1.87. The predicted molar refractivity (Wildman–Crippen MR) is 35.5 cm³/mol. The topological polar surface area (TPSA) is 30.2 Å². The highest BCUT2D eigenvalue weighted by molar-refractivity contribution is 7.24. The lowest BCUT2D eigenvalue weighted by Crippen LogP contribution is -1.81. The molecule has 0 fully saturated rings. The van der Waals surface area contributed by atoms with Crippen LogP contribution in [0, 0.1) is 0 Å². The van der Waals surface area contributed by atoms with E-state index < -0.39 is 0 Å². The number of hydrogen-bond donors (Lipinski definition) is 0. The van der Waals surface area contributed by atoms with Gasteiger partial charge in [-0.25, -0.2) is 4.75 Å². The third-order valence-corrected chi connectivity index (χ3v) is 1.78. The van der Waals surface area contributed by atoms with E-state index in [1.165, 1.54) is 0 Å². The highest BCUT2D eigenvalue weighted by Crippen LogP contribution is 2.03. The van der Waals surface area contributed by atoms with E-state index in [-0.39, 0.29) is 0 Å². The Bertz CT molecular complexity index is 286. The van der Waals surface area contributed by atoms with Crippen molar-refractivity contribution in [1.29, 1.82) is 0 Å². The molecule has 0 saturated carbocycles. The molecule has 2 aromatic rings. The number of aromatic nitrogens is 3. The van der Waals surface area contributed by atoms with Crippen molar-refractivity contribution >= 4 is 14.0 Å². The zero-order valence-electron chi connectivity index (χ0n) is 4.60. The third-order valence-electron chi connectivity index (χ3n) is 1.10. The second-order valence-corrected chi connectivity index (χ2v) is 2.33. The summed E-state index contributed by atoms with van der Waals surface area (Å²) in [7, 11) is 0.998. The Morgan fingerprint density at radius 3 is 3.44 bits per heavy atom. The lowest BCUT2D eigenvalue weighted by atomic mass is 10.7. The molecule has 0 unspecified atom stereocenters. The Balaban J connectivity index is 2.95. The van der Waals surface area contributed by atoms with Crippen LogP contribution in [0.15, 0.2) is 24.5 Å². The summed E-state index contributed by atoms with van der Waals surface area (Å²) in [4.78, 5) is 3.92. The van der Waals surface area contributed by atoms with Crippen LogP contribution in [0.5, 0.6) is 0 Å². The average Bonchev–Trinajstić information content (AvgIpc) is 2.33. The molecule has 0 spiro atoms. The van der Waals surface area contributed by atoms with Crippen molar-refractivity contribution in [1.82, 2.24) is 14.1 Å². The van der Waals surface area contributed by atoms with E-state index in [4.69, 9.17) is 0 Å². The molecule has 3 nitrogen and oxygen atoms in total. The maximum Gasteiger partial charge on any atom is 0.160 e. The summed E-state index contributed by atoms with van der Waals surface area (Å²) in [5.74, 6) is 1.98. The van der Waals surface area contributed by atoms with E-state index in [1.54, 1.807) is 12.4 Å². The van der Waals surface area contributed by atoms with Crippen molar-refractivity contribution in [3.63, 3.8) is 0 Å². The number of hydrogen-bond acceptors (Lipinski definition) is 2. The first kappa shape index (κ1) is 4.89. The molecule has 0 aliphatic heterocycles. The van der Waals surface area contributed by atoms with Gasteiger partial charge < -0.3 is 0 Å².